The maximum Gasteiger partial charge on any atom is 0.292 e. The quantitative estimate of drug-likeness (QED) is 0.674. The third-order valence-electron chi connectivity index (χ3n) is 4.75. The number of ketones is 1. The lowest BCUT2D eigenvalue weighted by Crippen LogP contribution is -2.44. The Morgan fingerprint density at radius 1 is 1.18 bits per heavy atom. The Bertz CT molecular complexity index is 717. The number of hydrogen-bond donors (Lipinski definition) is 2. The van der Waals surface area contributed by atoms with Gasteiger partial charge in [0.15, 0.2) is 0 Å². The molecule has 0 spiro atoms. The van der Waals surface area contributed by atoms with Crippen molar-refractivity contribution in [2.75, 3.05) is 0 Å². The zero-order valence-corrected chi connectivity index (χ0v) is 13.1. The van der Waals surface area contributed by atoms with Gasteiger partial charge >= 0.3 is 0 Å². The van der Waals surface area contributed by atoms with Gasteiger partial charge in [0.25, 0.3) is 11.7 Å². The summed E-state index contributed by atoms with van der Waals surface area (Å²) in [4.78, 5) is 28.1. The number of aromatic nitrogens is 1. The lowest BCUT2D eigenvalue weighted by molar-refractivity contribution is -0.118. The number of H-pyrrole nitrogens is 1. The molecule has 1 fully saturated rings. The molecule has 3 rings (SSSR count). The molecule has 4 nitrogen and oxygen atoms in total. The second kappa shape index (κ2) is 5.95. The van der Waals surface area contributed by atoms with Crippen molar-refractivity contribution in [1.82, 2.24) is 10.3 Å². The van der Waals surface area contributed by atoms with Gasteiger partial charge in [-0.2, -0.15) is 0 Å². The van der Waals surface area contributed by atoms with Crippen LogP contribution in [0.1, 0.15) is 48.7 Å². The van der Waals surface area contributed by atoms with E-state index in [1.807, 2.05) is 31.2 Å². The zero-order chi connectivity index (χ0) is 15.7. The van der Waals surface area contributed by atoms with Gasteiger partial charge in [-0.1, -0.05) is 38.0 Å². The van der Waals surface area contributed by atoms with E-state index in [4.69, 9.17) is 0 Å². The molecule has 0 unspecified atom stereocenters. The topological polar surface area (TPSA) is 62.0 Å². The van der Waals surface area contributed by atoms with Gasteiger partial charge in [0.1, 0.15) is 0 Å². The van der Waals surface area contributed by atoms with Crippen LogP contribution >= 0.6 is 0 Å². The van der Waals surface area contributed by atoms with Crippen molar-refractivity contribution in [3.63, 3.8) is 0 Å². The summed E-state index contributed by atoms with van der Waals surface area (Å²) in [6.45, 7) is 3.98. The van der Waals surface area contributed by atoms with Crippen LogP contribution in [-0.2, 0) is 4.79 Å². The van der Waals surface area contributed by atoms with Gasteiger partial charge in [-0.15, -0.1) is 0 Å². The van der Waals surface area contributed by atoms with Gasteiger partial charge in [-0.3, -0.25) is 9.59 Å². The van der Waals surface area contributed by atoms with Crippen LogP contribution in [0.2, 0.25) is 0 Å². The molecule has 1 heterocycles. The van der Waals surface area contributed by atoms with E-state index in [0.29, 0.717) is 11.5 Å². The minimum atomic E-state index is -0.480. The molecular formula is C18H22N2O2. The Labute approximate surface area is 130 Å². The van der Waals surface area contributed by atoms with E-state index in [0.717, 1.165) is 35.9 Å². The molecule has 2 N–H and O–H groups in total. The number of aromatic amines is 1. The van der Waals surface area contributed by atoms with Crippen molar-refractivity contribution in [3.8, 4) is 0 Å². The van der Waals surface area contributed by atoms with Crippen molar-refractivity contribution in [1.29, 1.82) is 0 Å². The minimum Gasteiger partial charge on any atom is -0.358 e. The third-order valence-corrected chi connectivity index (χ3v) is 4.75. The summed E-state index contributed by atoms with van der Waals surface area (Å²) >= 11 is 0. The molecule has 1 aliphatic rings. The number of nitrogens with one attached hydrogen (secondary N) is 2. The fourth-order valence-electron chi connectivity index (χ4n) is 3.45. The van der Waals surface area contributed by atoms with Gasteiger partial charge in [0.2, 0.25) is 0 Å². The monoisotopic (exact) mass is 298 g/mol. The van der Waals surface area contributed by atoms with E-state index < -0.39 is 11.7 Å². The molecule has 0 radical (unpaired) electrons. The number of amides is 1. The molecule has 1 saturated carbocycles. The third kappa shape index (κ3) is 2.65. The molecule has 0 saturated heterocycles. The highest BCUT2D eigenvalue weighted by Gasteiger charge is 2.28. The van der Waals surface area contributed by atoms with Crippen LogP contribution < -0.4 is 5.32 Å². The average Bonchev–Trinajstić information content (AvgIpc) is 2.84. The summed E-state index contributed by atoms with van der Waals surface area (Å²) in [6, 6.07) is 7.71. The summed E-state index contributed by atoms with van der Waals surface area (Å²) in [7, 11) is 0. The van der Waals surface area contributed by atoms with Crippen molar-refractivity contribution in [2.45, 2.75) is 45.6 Å². The number of hydrogen-bond acceptors (Lipinski definition) is 2. The number of Topliss-reactive ketones (excluding diaryl/α,β-unsaturated/α-hetero) is 1. The van der Waals surface area contributed by atoms with Gasteiger partial charge < -0.3 is 10.3 Å². The number of fused-ring (bicyclic) bond motifs is 1. The number of benzene rings is 1. The van der Waals surface area contributed by atoms with Gasteiger partial charge in [-0.05, 0) is 31.7 Å². The summed E-state index contributed by atoms with van der Waals surface area (Å²) < 4.78 is 0. The molecule has 2 aromatic rings. The van der Waals surface area contributed by atoms with Crippen LogP contribution in [0.15, 0.2) is 24.3 Å². The summed E-state index contributed by atoms with van der Waals surface area (Å²) in [5.74, 6) is -0.478. The smallest absolute Gasteiger partial charge is 0.292 e. The first-order valence-electron chi connectivity index (χ1n) is 8.00. The molecule has 4 heteroatoms. The number of aryl methyl sites for hydroxylation is 1. The second-order valence-corrected chi connectivity index (χ2v) is 6.34. The van der Waals surface area contributed by atoms with Gasteiger partial charge in [0.05, 0.1) is 5.56 Å². The summed E-state index contributed by atoms with van der Waals surface area (Å²) in [5.41, 5.74) is 2.14. The highest BCUT2D eigenvalue weighted by atomic mass is 16.2. The largest absolute Gasteiger partial charge is 0.358 e. The molecule has 0 bridgehead atoms. The average molecular weight is 298 g/mol. The Hall–Kier alpha value is -2.10. The van der Waals surface area contributed by atoms with Crippen molar-refractivity contribution in [2.24, 2.45) is 5.92 Å². The van der Waals surface area contributed by atoms with Crippen molar-refractivity contribution >= 4 is 22.6 Å². The van der Waals surface area contributed by atoms with Crippen LogP contribution in [0.4, 0.5) is 0 Å². The van der Waals surface area contributed by atoms with Gasteiger partial charge in [0, 0.05) is 22.6 Å². The van der Waals surface area contributed by atoms with Crippen LogP contribution in [-0.4, -0.2) is 22.7 Å². The van der Waals surface area contributed by atoms with E-state index in [-0.39, 0.29) is 6.04 Å². The van der Waals surface area contributed by atoms with E-state index in [1.165, 1.54) is 6.42 Å². The van der Waals surface area contributed by atoms with Crippen LogP contribution in [0.3, 0.4) is 0 Å². The predicted octanol–water partition coefficient (Wildman–Crippen LogP) is 3.35. The standard InChI is InChI=1S/C18H22N2O2/c1-11-7-3-5-9-14(11)20-18(22)17(21)16-12(2)19-15-10-6-4-8-13(15)16/h4,6,8,10-11,14,19H,3,5,7,9H2,1-2H3,(H,20,22)/t11-,14-/m0/s1. The molecule has 1 aromatic carbocycles. The molecule has 2 atom stereocenters. The van der Waals surface area contributed by atoms with Crippen molar-refractivity contribution in [3.05, 3.63) is 35.5 Å². The Kier molecular flexibility index (Phi) is 4.01. The predicted molar refractivity (Wildman–Crippen MR) is 86.9 cm³/mol. The fraction of sp³-hybridized carbons (Fsp3) is 0.444. The molecule has 1 aromatic heterocycles. The van der Waals surface area contributed by atoms with Gasteiger partial charge in [-0.25, -0.2) is 0 Å². The fourth-order valence-corrected chi connectivity index (χ4v) is 3.45. The Balaban J connectivity index is 1.83. The zero-order valence-electron chi connectivity index (χ0n) is 13.1. The molecule has 1 aliphatic carbocycles. The number of rotatable bonds is 3. The highest BCUT2D eigenvalue weighted by molar-refractivity contribution is 6.45. The van der Waals surface area contributed by atoms with Crippen molar-refractivity contribution < 1.29 is 9.59 Å². The molecule has 1 amide bonds. The first-order chi connectivity index (χ1) is 10.6. The Morgan fingerprint density at radius 2 is 1.91 bits per heavy atom. The second-order valence-electron chi connectivity index (χ2n) is 6.34. The number of carbonyl (C=O) groups is 2. The molecule has 116 valence electrons. The maximum atomic E-state index is 12.6. The van der Waals surface area contributed by atoms with E-state index >= 15 is 0 Å². The van der Waals surface area contributed by atoms with E-state index in [2.05, 4.69) is 17.2 Å². The number of carbonyl (C=O) groups excluding carboxylic acids is 2. The summed E-state index contributed by atoms with van der Waals surface area (Å²) in [6.07, 6.45) is 4.41. The van der Waals surface area contributed by atoms with Crippen LogP contribution in [0.5, 0.6) is 0 Å². The summed E-state index contributed by atoms with van der Waals surface area (Å²) in [5, 5.41) is 3.76. The molecule has 22 heavy (non-hydrogen) atoms. The lowest BCUT2D eigenvalue weighted by Gasteiger charge is -2.29. The van der Waals surface area contributed by atoms with Crippen LogP contribution in [0, 0.1) is 12.8 Å². The normalized spacial score (nSPS) is 21.7. The maximum absolute atomic E-state index is 12.6. The van der Waals surface area contributed by atoms with E-state index in [1.54, 1.807) is 0 Å². The number of para-hydroxylation sites is 1. The SMILES string of the molecule is Cc1[nH]c2ccccc2c1C(=O)C(=O)N[C@H]1CCCC[C@@H]1C. The highest BCUT2D eigenvalue weighted by Crippen LogP contribution is 2.25. The van der Waals surface area contributed by atoms with E-state index in [9.17, 15) is 9.59 Å². The first-order valence-corrected chi connectivity index (χ1v) is 8.00. The molecule has 0 aliphatic heterocycles. The molecular weight excluding hydrogens is 276 g/mol. The Morgan fingerprint density at radius 3 is 2.68 bits per heavy atom. The minimum absolute atomic E-state index is 0.121. The lowest BCUT2D eigenvalue weighted by atomic mass is 9.86. The first kappa shape index (κ1) is 14.8. The van der Waals surface area contributed by atoms with Crippen LogP contribution in [0.25, 0.3) is 10.9 Å².